The van der Waals surface area contributed by atoms with E-state index in [9.17, 15) is 8.42 Å². The fourth-order valence-corrected chi connectivity index (χ4v) is 3.13. The molecule has 2 N–H and O–H groups in total. The summed E-state index contributed by atoms with van der Waals surface area (Å²) in [6.07, 6.45) is 5.93. The molecule has 0 saturated carbocycles. The van der Waals surface area contributed by atoms with Gasteiger partial charge in [0.05, 0.1) is 11.4 Å². The van der Waals surface area contributed by atoms with Crippen LogP contribution in [0.15, 0.2) is 29.2 Å². The minimum absolute atomic E-state index is 0.0863. The third-order valence-electron chi connectivity index (χ3n) is 2.51. The Balaban J connectivity index is 3.13. The van der Waals surface area contributed by atoms with Gasteiger partial charge in [-0.15, -0.1) is 6.42 Å². The largest absolute Gasteiger partial charge is 0.326 e. The van der Waals surface area contributed by atoms with Crippen molar-refractivity contribution in [3.63, 3.8) is 0 Å². The van der Waals surface area contributed by atoms with E-state index in [1.807, 2.05) is 6.92 Å². The highest BCUT2D eigenvalue weighted by Gasteiger charge is 2.22. The van der Waals surface area contributed by atoms with E-state index in [1.165, 1.54) is 4.31 Å². The van der Waals surface area contributed by atoms with Crippen LogP contribution in [-0.4, -0.2) is 25.8 Å². The summed E-state index contributed by atoms with van der Waals surface area (Å²) in [5.74, 6) is 2.38. The lowest BCUT2D eigenvalue weighted by Crippen LogP contribution is -2.32. The van der Waals surface area contributed by atoms with Crippen LogP contribution in [0.4, 0.5) is 0 Å². The number of benzene rings is 1. The SMILES string of the molecule is C#CCN(CCC)S(=O)(=O)c1cccc(CN)c1. The van der Waals surface area contributed by atoms with Gasteiger partial charge in [-0.3, -0.25) is 0 Å². The van der Waals surface area contributed by atoms with Gasteiger partial charge in [-0.1, -0.05) is 25.0 Å². The van der Waals surface area contributed by atoms with Gasteiger partial charge in [-0.05, 0) is 24.1 Å². The van der Waals surface area contributed by atoms with Gasteiger partial charge >= 0.3 is 0 Å². The van der Waals surface area contributed by atoms with Gasteiger partial charge in [0, 0.05) is 13.1 Å². The first kappa shape index (κ1) is 14.7. The van der Waals surface area contributed by atoms with E-state index < -0.39 is 10.0 Å². The molecule has 0 aliphatic heterocycles. The second kappa shape index (κ2) is 6.55. The maximum atomic E-state index is 12.4. The second-order valence-electron chi connectivity index (χ2n) is 3.89. The summed E-state index contributed by atoms with van der Waals surface area (Å²) in [6.45, 7) is 2.73. The Morgan fingerprint density at radius 2 is 2.17 bits per heavy atom. The molecule has 0 bridgehead atoms. The number of sulfonamides is 1. The molecule has 5 heteroatoms. The maximum Gasteiger partial charge on any atom is 0.243 e. The normalized spacial score (nSPS) is 11.4. The van der Waals surface area contributed by atoms with Crippen molar-refractivity contribution in [1.29, 1.82) is 0 Å². The number of hydrogen-bond acceptors (Lipinski definition) is 3. The first-order valence-corrected chi connectivity index (χ1v) is 7.23. The molecule has 18 heavy (non-hydrogen) atoms. The molecule has 4 nitrogen and oxygen atoms in total. The van der Waals surface area contributed by atoms with Crippen LogP contribution in [0.3, 0.4) is 0 Å². The van der Waals surface area contributed by atoms with Crippen LogP contribution in [0.2, 0.25) is 0 Å². The molecule has 1 aromatic carbocycles. The van der Waals surface area contributed by atoms with E-state index in [0.29, 0.717) is 13.1 Å². The van der Waals surface area contributed by atoms with Gasteiger partial charge in [0.2, 0.25) is 10.0 Å². The standard InChI is InChI=1S/C13H18N2O2S/c1-3-8-15(9-4-2)18(16,17)13-7-5-6-12(10-13)11-14/h1,5-7,10H,4,8-9,11,14H2,2H3. The minimum atomic E-state index is -3.52. The summed E-state index contributed by atoms with van der Waals surface area (Å²) in [5, 5.41) is 0. The summed E-state index contributed by atoms with van der Waals surface area (Å²) in [6, 6.07) is 6.64. The molecular weight excluding hydrogens is 248 g/mol. The van der Waals surface area contributed by atoms with Gasteiger partial charge in [-0.2, -0.15) is 4.31 Å². The first-order chi connectivity index (χ1) is 8.56. The van der Waals surface area contributed by atoms with Crippen LogP contribution in [0.25, 0.3) is 0 Å². The number of hydrogen-bond donors (Lipinski definition) is 1. The highest BCUT2D eigenvalue weighted by atomic mass is 32.2. The molecule has 1 aromatic rings. The second-order valence-corrected chi connectivity index (χ2v) is 5.83. The Morgan fingerprint density at radius 3 is 2.72 bits per heavy atom. The maximum absolute atomic E-state index is 12.4. The zero-order valence-corrected chi connectivity index (χ0v) is 11.3. The summed E-state index contributed by atoms with van der Waals surface area (Å²) in [4.78, 5) is 0.245. The van der Waals surface area contributed by atoms with Crippen molar-refractivity contribution in [3.05, 3.63) is 29.8 Å². The Kier molecular flexibility index (Phi) is 5.35. The Bertz CT molecular complexity index is 532. The van der Waals surface area contributed by atoms with Crippen molar-refractivity contribution in [2.75, 3.05) is 13.1 Å². The van der Waals surface area contributed by atoms with Crippen LogP contribution < -0.4 is 5.73 Å². The topological polar surface area (TPSA) is 63.4 Å². The minimum Gasteiger partial charge on any atom is -0.326 e. The predicted molar refractivity (Wildman–Crippen MR) is 72.2 cm³/mol. The van der Waals surface area contributed by atoms with Crippen molar-refractivity contribution >= 4 is 10.0 Å². The summed E-state index contributed by atoms with van der Waals surface area (Å²) >= 11 is 0. The smallest absolute Gasteiger partial charge is 0.243 e. The van der Waals surface area contributed by atoms with Crippen molar-refractivity contribution in [3.8, 4) is 12.3 Å². The van der Waals surface area contributed by atoms with Crippen molar-refractivity contribution in [1.82, 2.24) is 4.31 Å². The predicted octanol–water partition coefficient (Wildman–Crippen LogP) is 1.18. The average molecular weight is 266 g/mol. The molecule has 0 aliphatic carbocycles. The summed E-state index contributed by atoms with van der Waals surface area (Å²) in [5.41, 5.74) is 6.30. The highest BCUT2D eigenvalue weighted by Crippen LogP contribution is 2.17. The quantitative estimate of drug-likeness (QED) is 0.786. The lowest BCUT2D eigenvalue weighted by Gasteiger charge is -2.19. The molecule has 0 radical (unpaired) electrons. The zero-order chi connectivity index (χ0) is 13.6. The molecule has 0 atom stereocenters. The fraction of sp³-hybridized carbons (Fsp3) is 0.385. The molecule has 0 fully saturated rings. The van der Waals surface area contributed by atoms with Crippen LogP contribution in [-0.2, 0) is 16.6 Å². The molecule has 0 unspecified atom stereocenters. The van der Waals surface area contributed by atoms with E-state index in [0.717, 1.165) is 12.0 Å². The average Bonchev–Trinajstić information content (AvgIpc) is 2.38. The highest BCUT2D eigenvalue weighted by molar-refractivity contribution is 7.89. The lowest BCUT2D eigenvalue weighted by molar-refractivity contribution is 0.445. The third kappa shape index (κ3) is 3.33. The Hall–Kier alpha value is -1.35. The van der Waals surface area contributed by atoms with E-state index >= 15 is 0 Å². The molecule has 0 heterocycles. The van der Waals surface area contributed by atoms with Gasteiger partial charge in [-0.25, -0.2) is 8.42 Å². The number of rotatable bonds is 6. The lowest BCUT2D eigenvalue weighted by atomic mass is 10.2. The molecule has 0 aromatic heterocycles. The fourth-order valence-electron chi connectivity index (χ4n) is 1.62. The van der Waals surface area contributed by atoms with Gasteiger partial charge in [0.25, 0.3) is 0 Å². The molecule has 0 spiro atoms. The molecule has 0 aliphatic rings. The molecule has 0 saturated heterocycles. The number of terminal acetylenes is 1. The van der Waals surface area contributed by atoms with Crippen LogP contribution >= 0.6 is 0 Å². The van der Waals surface area contributed by atoms with E-state index in [1.54, 1.807) is 24.3 Å². The molecular formula is C13H18N2O2S. The number of nitrogens with two attached hydrogens (primary N) is 1. The van der Waals surface area contributed by atoms with E-state index in [4.69, 9.17) is 12.2 Å². The zero-order valence-electron chi connectivity index (χ0n) is 10.5. The summed E-state index contributed by atoms with van der Waals surface area (Å²) in [7, 11) is -3.52. The van der Waals surface area contributed by atoms with Gasteiger partial charge < -0.3 is 5.73 Å². The number of nitrogens with zero attached hydrogens (tertiary/aromatic N) is 1. The van der Waals surface area contributed by atoms with Crippen molar-refractivity contribution < 1.29 is 8.42 Å². The van der Waals surface area contributed by atoms with Crippen LogP contribution in [0.5, 0.6) is 0 Å². The summed E-state index contributed by atoms with van der Waals surface area (Å²) < 4.78 is 26.0. The van der Waals surface area contributed by atoms with Crippen molar-refractivity contribution in [2.45, 2.75) is 24.8 Å². The molecule has 98 valence electrons. The first-order valence-electron chi connectivity index (χ1n) is 5.78. The van der Waals surface area contributed by atoms with E-state index in [2.05, 4.69) is 5.92 Å². The Labute approximate surface area is 109 Å². The van der Waals surface area contributed by atoms with Gasteiger partial charge in [0.1, 0.15) is 0 Å². The van der Waals surface area contributed by atoms with E-state index in [-0.39, 0.29) is 11.4 Å². The molecule has 0 amide bonds. The van der Waals surface area contributed by atoms with Gasteiger partial charge in [0.15, 0.2) is 0 Å². The monoisotopic (exact) mass is 266 g/mol. The van der Waals surface area contributed by atoms with Crippen LogP contribution in [0, 0.1) is 12.3 Å². The van der Waals surface area contributed by atoms with Crippen LogP contribution in [0.1, 0.15) is 18.9 Å². The van der Waals surface area contributed by atoms with Crippen molar-refractivity contribution in [2.24, 2.45) is 5.73 Å². The molecule has 1 rings (SSSR count). The Morgan fingerprint density at radius 1 is 1.44 bits per heavy atom. The third-order valence-corrected chi connectivity index (χ3v) is 4.35.